The minimum Gasteiger partial charge on any atom is -0.489 e. The number of ether oxygens (including phenoxy) is 1. The van der Waals surface area contributed by atoms with Crippen LogP contribution in [0.15, 0.2) is 30.3 Å². The summed E-state index contributed by atoms with van der Waals surface area (Å²) in [5.74, 6) is 0.797. The molecule has 1 aromatic heterocycles. The highest BCUT2D eigenvalue weighted by Gasteiger charge is 2.12. The van der Waals surface area contributed by atoms with Gasteiger partial charge in [0, 0.05) is 24.3 Å². The average molecular weight is 330 g/mol. The van der Waals surface area contributed by atoms with Crippen LogP contribution in [-0.4, -0.2) is 28.5 Å². The third-order valence-corrected chi connectivity index (χ3v) is 3.89. The van der Waals surface area contributed by atoms with Crippen molar-refractivity contribution in [1.82, 2.24) is 20.4 Å². The number of carbonyl (C=O) groups excluding carboxylic acids is 1. The Morgan fingerprint density at radius 3 is 2.58 bits per heavy atom. The summed E-state index contributed by atoms with van der Waals surface area (Å²) in [6.07, 6.45) is -0.107. The number of urea groups is 1. The minimum absolute atomic E-state index is 0.107. The number of aryl methyl sites for hydroxylation is 2. The number of benzene rings is 1. The second-order valence-corrected chi connectivity index (χ2v) is 5.77. The summed E-state index contributed by atoms with van der Waals surface area (Å²) in [5, 5.41) is 10.2. The molecule has 0 bridgehead atoms. The van der Waals surface area contributed by atoms with Crippen LogP contribution >= 0.6 is 0 Å². The van der Waals surface area contributed by atoms with Gasteiger partial charge >= 0.3 is 6.03 Å². The number of carbonyl (C=O) groups is 1. The van der Waals surface area contributed by atoms with Crippen LogP contribution in [0, 0.1) is 13.8 Å². The highest BCUT2D eigenvalue weighted by molar-refractivity contribution is 5.73. The SMILES string of the molecule is CCn1nc(C)c(CNC(=O)NC[C@@H](C)Oc2ccccc2)c1C. The summed E-state index contributed by atoms with van der Waals surface area (Å²) in [5.41, 5.74) is 3.12. The van der Waals surface area contributed by atoms with E-state index in [4.69, 9.17) is 4.74 Å². The molecule has 0 unspecified atom stereocenters. The van der Waals surface area contributed by atoms with Gasteiger partial charge in [0.2, 0.25) is 0 Å². The zero-order valence-corrected chi connectivity index (χ0v) is 14.8. The summed E-state index contributed by atoms with van der Waals surface area (Å²) in [7, 11) is 0. The van der Waals surface area contributed by atoms with Gasteiger partial charge in [-0.1, -0.05) is 18.2 Å². The van der Waals surface area contributed by atoms with Crippen molar-refractivity contribution in [2.24, 2.45) is 0 Å². The molecule has 0 spiro atoms. The first-order valence-corrected chi connectivity index (χ1v) is 8.27. The monoisotopic (exact) mass is 330 g/mol. The summed E-state index contributed by atoms with van der Waals surface area (Å²) >= 11 is 0. The molecule has 1 aromatic carbocycles. The van der Waals surface area contributed by atoms with Crippen molar-refractivity contribution in [2.75, 3.05) is 6.54 Å². The van der Waals surface area contributed by atoms with E-state index >= 15 is 0 Å². The molecule has 0 saturated carbocycles. The number of hydrogen-bond donors (Lipinski definition) is 2. The Bertz CT molecular complexity index is 667. The summed E-state index contributed by atoms with van der Waals surface area (Å²) in [6.45, 7) is 9.69. The van der Waals surface area contributed by atoms with Gasteiger partial charge < -0.3 is 15.4 Å². The van der Waals surface area contributed by atoms with E-state index in [9.17, 15) is 4.79 Å². The van der Waals surface area contributed by atoms with Gasteiger partial charge in [-0.15, -0.1) is 0 Å². The van der Waals surface area contributed by atoms with Gasteiger partial charge in [-0.05, 0) is 39.8 Å². The molecule has 2 rings (SSSR count). The topological polar surface area (TPSA) is 68.2 Å². The van der Waals surface area contributed by atoms with Crippen LogP contribution in [-0.2, 0) is 13.1 Å². The number of rotatable bonds is 7. The Balaban J connectivity index is 1.76. The molecule has 0 fully saturated rings. The molecule has 130 valence electrons. The molecule has 0 aliphatic heterocycles. The van der Waals surface area contributed by atoms with Crippen LogP contribution in [0.5, 0.6) is 5.75 Å². The molecule has 1 heterocycles. The molecule has 24 heavy (non-hydrogen) atoms. The standard InChI is InChI=1S/C18H26N4O2/c1-5-22-15(4)17(14(3)21-22)12-20-18(23)19-11-13(2)24-16-9-7-6-8-10-16/h6-10,13H,5,11-12H2,1-4H3,(H2,19,20,23)/t13-/m1/s1. The van der Waals surface area contributed by atoms with Crippen molar-refractivity contribution >= 4 is 6.03 Å². The Kier molecular flexibility index (Phi) is 6.23. The van der Waals surface area contributed by atoms with E-state index in [0.29, 0.717) is 13.1 Å². The predicted octanol–water partition coefficient (Wildman–Crippen LogP) is 2.79. The first kappa shape index (κ1) is 17.8. The van der Waals surface area contributed by atoms with Crippen molar-refractivity contribution < 1.29 is 9.53 Å². The Labute approximate surface area is 143 Å². The zero-order valence-electron chi connectivity index (χ0n) is 14.8. The molecule has 0 aliphatic carbocycles. The van der Waals surface area contributed by atoms with Gasteiger partial charge in [-0.3, -0.25) is 4.68 Å². The lowest BCUT2D eigenvalue weighted by atomic mass is 10.2. The minimum atomic E-state index is -0.207. The maximum absolute atomic E-state index is 12.0. The van der Waals surface area contributed by atoms with E-state index < -0.39 is 0 Å². The number of nitrogens with zero attached hydrogens (tertiary/aromatic N) is 2. The summed E-state index contributed by atoms with van der Waals surface area (Å²) in [6, 6.07) is 9.36. The highest BCUT2D eigenvalue weighted by atomic mass is 16.5. The number of nitrogens with one attached hydrogen (secondary N) is 2. The van der Waals surface area contributed by atoms with E-state index in [1.807, 2.05) is 55.8 Å². The first-order valence-electron chi connectivity index (χ1n) is 8.27. The van der Waals surface area contributed by atoms with Gasteiger partial charge in [-0.25, -0.2) is 4.79 Å². The maximum Gasteiger partial charge on any atom is 0.315 e. The normalized spacial score (nSPS) is 11.8. The third-order valence-electron chi connectivity index (χ3n) is 3.89. The fraction of sp³-hybridized carbons (Fsp3) is 0.444. The zero-order chi connectivity index (χ0) is 17.5. The average Bonchev–Trinajstić information content (AvgIpc) is 2.85. The molecule has 2 amide bonds. The lowest BCUT2D eigenvalue weighted by Gasteiger charge is -2.15. The maximum atomic E-state index is 12.0. The number of aromatic nitrogens is 2. The second kappa shape index (κ2) is 8.38. The van der Waals surface area contributed by atoms with E-state index in [1.54, 1.807) is 0 Å². The Hall–Kier alpha value is -2.50. The molecule has 0 aliphatic rings. The number of hydrogen-bond acceptors (Lipinski definition) is 3. The van der Waals surface area contributed by atoms with Crippen molar-refractivity contribution in [3.05, 3.63) is 47.3 Å². The van der Waals surface area contributed by atoms with Crippen molar-refractivity contribution in [1.29, 1.82) is 0 Å². The van der Waals surface area contributed by atoms with Gasteiger partial charge in [0.1, 0.15) is 11.9 Å². The van der Waals surface area contributed by atoms with Gasteiger partial charge in [-0.2, -0.15) is 5.10 Å². The van der Waals surface area contributed by atoms with E-state index in [0.717, 1.165) is 29.2 Å². The molecule has 6 heteroatoms. The molecule has 1 atom stereocenters. The highest BCUT2D eigenvalue weighted by Crippen LogP contribution is 2.12. The van der Waals surface area contributed by atoms with Crippen molar-refractivity contribution in [2.45, 2.75) is 46.9 Å². The molecule has 2 N–H and O–H groups in total. The lowest BCUT2D eigenvalue weighted by molar-refractivity contribution is 0.207. The molecular formula is C18H26N4O2. The quantitative estimate of drug-likeness (QED) is 0.820. The molecule has 6 nitrogen and oxygen atoms in total. The van der Waals surface area contributed by atoms with Crippen LogP contribution in [0.1, 0.15) is 30.8 Å². The second-order valence-electron chi connectivity index (χ2n) is 5.77. The van der Waals surface area contributed by atoms with Crippen LogP contribution in [0.25, 0.3) is 0 Å². The van der Waals surface area contributed by atoms with Gasteiger partial charge in [0.25, 0.3) is 0 Å². The summed E-state index contributed by atoms with van der Waals surface area (Å²) in [4.78, 5) is 12.0. The van der Waals surface area contributed by atoms with Crippen molar-refractivity contribution in [3.63, 3.8) is 0 Å². The molecular weight excluding hydrogens is 304 g/mol. The Morgan fingerprint density at radius 2 is 1.96 bits per heavy atom. The fourth-order valence-electron chi connectivity index (χ4n) is 2.54. The van der Waals surface area contributed by atoms with Crippen LogP contribution < -0.4 is 15.4 Å². The molecule has 0 saturated heterocycles. The number of para-hydroxylation sites is 1. The van der Waals surface area contributed by atoms with Crippen LogP contribution in [0.3, 0.4) is 0 Å². The third kappa shape index (κ3) is 4.75. The van der Waals surface area contributed by atoms with Crippen LogP contribution in [0.4, 0.5) is 4.79 Å². The lowest BCUT2D eigenvalue weighted by Crippen LogP contribution is -2.40. The fourth-order valence-corrected chi connectivity index (χ4v) is 2.54. The number of amides is 2. The van der Waals surface area contributed by atoms with Crippen LogP contribution in [0.2, 0.25) is 0 Å². The van der Waals surface area contributed by atoms with Crippen molar-refractivity contribution in [3.8, 4) is 5.75 Å². The molecule has 2 aromatic rings. The first-order chi connectivity index (χ1) is 11.5. The molecule has 0 radical (unpaired) electrons. The van der Waals surface area contributed by atoms with Gasteiger partial charge in [0.05, 0.1) is 12.2 Å². The van der Waals surface area contributed by atoms with E-state index in [2.05, 4.69) is 22.7 Å². The van der Waals surface area contributed by atoms with E-state index in [-0.39, 0.29) is 12.1 Å². The smallest absolute Gasteiger partial charge is 0.315 e. The van der Waals surface area contributed by atoms with E-state index in [1.165, 1.54) is 0 Å². The largest absolute Gasteiger partial charge is 0.489 e. The predicted molar refractivity (Wildman–Crippen MR) is 94.1 cm³/mol. The Morgan fingerprint density at radius 1 is 1.25 bits per heavy atom. The van der Waals surface area contributed by atoms with Gasteiger partial charge in [0.15, 0.2) is 0 Å². The summed E-state index contributed by atoms with van der Waals surface area (Å²) < 4.78 is 7.67.